The maximum absolute atomic E-state index is 10.4. The van der Waals surface area contributed by atoms with Crippen molar-refractivity contribution in [2.75, 3.05) is 0 Å². The van der Waals surface area contributed by atoms with E-state index in [1.807, 2.05) is 0 Å². The quantitative estimate of drug-likeness (QED) is 0.108. The van der Waals surface area contributed by atoms with Crippen molar-refractivity contribution in [3.63, 3.8) is 0 Å². The molecule has 1 unspecified atom stereocenters. The van der Waals surface area contributed by atoms with E-state index >= 15 is 0 Å². The zero-order chi connectivity index (χ0) is 23.5. The van der Waals surface area contributed by atoms with E-state index in [0.29, 0.717) is 6.42 Å². The zero-order valence-electron chi connectivity index (χ0n) is 21.2. The van der Waals surface area contributed by atoms with Gasteiger partial charge in [0, 0.05) is 6.42 Å². The molecule has 1 atom stereocenters. The number of aliphatic carboxylic acids is 1. The molecule has 0 saturated heterocycles. The van der Waals surface area contributed by atoms with Crippen LogP contribution in [-0.2, 0) is 4.79 Å². The van der Waals surface area contributed by atoms with Gasteiger partial charge in [0.05, 0.1) is 6.10 Å². The lowest BCUT2D eigenvalue weighted by molar-refractivity contribution is -0.137. The second-order valence-corrected chi connectivity index (χ2v) is 9.45. The van der Waals surface area contributed by atoms with E-state index in [1.165, 1.54) is 96.3 Å². The monoisotopic (exact) mass is 450 g/mol. The van der Waals surface area contributed by atoms with Crippen molar-refractivity contribution in [3.8, 4) is 0 Å². The van der Waals surface area contributed by atoms with Gasteiger partial charge in [0.25, 0.3) is 0 Å². The molecule has 32 heavy (non-hydrogen) atoms. The predicted octanol–water partition coefficient (Wildman–Crippen LogP) is 9.15. The standard InChI is InChI=1S/C29H54O3/c1-2-3-4-5-6-7-8-9-10-13-16-19-22-25-28(30)26-23-20-17-14-11-12-15-18-21-24-27-29(31)32/h10,13,19,22,28,30H,2-9,11-12,14-18,20-21,23-27H2,1H3,(H,31,32). The number of allylic oxidation sites excluding steroid dienone is 3. The van der Waals surface area contributed by atoms with Gasteiger partial charge in [0.2, 0.25) is 0 Å². The van der Waals surface area contributed by atoms with Crippen LogP contribution in [0.5, 0.6) is 0 Å². The summed E-state index contributed by atoms with van der Waals surface area (Å²) in [5.74, 6) is -0.673. The van der Waals surface area contributed by atoms with Crippen LogP contribution in [0.25, 0.3) is 0 Å². The van der Waals surface area contributed by atoms with Crippen molar-refractivity contribution < 1.29 is 15.0 Å². The maximum Gasteiger partial charge on any atom is 0.303 e. The fourth-order valence-electron chi connectivity index (χ4n) is 4.05. The highest BCUT2D eigenvalue weighted by atomic mass is 16.4. The van der Waals surface area contributed by atoms with Crippen LogP contribution in [0.15, 0.2) is 24.3 Å². The molecule has 3 heteroatoms. The van der Waals surface area contributed by atoms with Crippen molar-refractivity contribution in [1.82, 2.24) is 0 Å². The van der Waals surface area contributed by atoms with Crippen LogP contribution in [0.3, 0.4) is 0 Å². The van der Waals surface area contributed by atoms with Gasteiger partial charge in [-0.3, -0.25) is 4.79 Å². The number of unbranched alkanes of at least 4 members (excludes halogenated alkanes) is 16. The average Bonchev–Trinajstić information content (AvgIpc) is 2.77. The van der Waals surface area contributed by atoms with Crippen molar-refractivity contribution in [2.24, 2.45) is 0 Å². The van der Waals surface area contributed by atoms with E-state index in [-0.39, 0.29) is 6.10 Å². The molecular formula is C29H54O3. The summed E-state index contributed by atoms with van der Waals surface area (Å²) in [6, 6.07) is 0. The first-order valence-corrected chi connectivity index (χ1v) is 13.9. The summed E-state index contributed by atoms with van der Waals surface area (Å²) in [4.78, 5) is 10.4. The highest BCUT2D eigenvalue weighted by molar-refractivity contribution is 5.66. The number of carboxylic acids is 1. The highest BCUT2D eigenvalue weighted by Crippen LogP contribution is 2.13. The molecule has 0 aromatic heterocycles. The minimum atomic E-state index is -0.673. The lowest BCUT2D eigenvalue weighted by atomic mass is 10.0. The van der Waals surface area contributed by atoms with Gasteiger partial charge in [-0.05, 0) is 38.5 Å². The third-order valence-corrected chi connectivity index (χ3v) is 6.17. The molecule has 0 fully saturated rings. The van der Waals surface area contributed by atoms with Gasteiger partial charge in [0.1, 0.15) is 0 Å². The molecule has 2 N–H and O–H groups in total. The lowest BCUT2D eigenvalue weighted by Crippen LogP contribution is -2.04. The largest absolute Gasteiger partial charge is 0.481 e. The Bertz CT molecular complexity index is 442. The summed E-state index contributed by atoms with van der Waals surface area (Å²) in [5.41, 5.74) is 0. The zero-order valence-corrected chi connectivity index (χ0v) is 21.2. The molecule has 0 heterocycles. The first-order chi connectivity index (χ1) is 15.7. The van der Waals surface area contributed by atoms with Crippen LogP contribution in [0, 0.1) is 0 Å². The molecule has 0 aromatic rings. The highest BCUT2D eigenvalue weighted by Gasteiger charge is 2.01. The molecule has 0 rings (SSSR count). The van der Waals surface area contributed by atoms with Crippen LogP contribution >= 0.6 is 0 Å². The third kappa shape index (κ3) is 26.9. The van der Waals surface area contributed by atoms with E-state index in [4.69, 9.17) is 5.11 Å². The fourth-order valence-corrected chi connectivity index (χ4v) is 4.05. The SMILES string of the molecule is CCCCCCCCCC=CCC=CCC(O)CCCCCCCCCCCCC(=O)O. The lowest BCUT2D eigenvalue weighted by Gasteiger charge is -2.07. The summed E-state index contributed by atoms with van der Waals surface area (Å²) in [6.07, 6.45) is 34.3. The van der Waals surface area contributed by atoms with Crippen LogP contribution in [0.2, 0.25) is 0 Å². The molecule has 3 nitrogen and oxygen atoms in total. The number of aliphatic hydroxyl groups is 1. The molecule has 0 aliphatic carbocycles. The Balaban J connectivity index is 3.31. The van der Waals surface area contributed by atoms with Crippen molar-refractivity contribution >= 4 is 5.97 Å². The third-order valence-electron chi connectivity index (χ3n) is 6.17. The van der Waals surface area contributed by atoms with Crippen LogP contribution in [-0.4, -0.2) is 22.3 Å². The molecule has 0 spiro atoms. The normalized spacial score (nSPS) is 12.8. The molecular weight excluding hydrogens is 396 g/mol. The maximum atomic E-state index is 10.4. The minimum Gasteiger partial charge on any atom is -0.481 e. The fraction of sp³-hybridized carbons (Fsp3) is 0.828. The summed E-state index contributed by atoms with van der Waals surface area (Å²) < 4.78 is 0. The Labute approximate surface area is 199 Å². The van der Waals surface area contributed by atoms with Crippen molar-refractivity contribution in [1.29, 1.82) is 0 Å². The van der Waals surface area contributed by atoms with E-state index in [9.17, 15) is 9.90 Å². The number of carboxylic acid groups (broad SMARTS) is 1. The molecule has 188 valence electrons. The Morgan fingerprint density at radius 2 is 1.16 bits per heavy atom. The topological polar surface area (TPSA) is 57.5 Å². The Morgan fingerprint density at radius 1 is 0.656 bits per heavy atom. The summed E-state index contributed by atoms with van der Waals surface area (Å²) in [6.45, 7) is 2.27. The summed E-state index contributed by atoms with van der Waals surface area (Å²) >= 11 is 0. The van der Waals surface area contributed by atoms with Gasteiger partial charge in [-0.25, -0.2) is 0 Å². The first kappa shape index (κ1) is 30.9. The second-order valence-electron chi connectivity index (χ2n) is 9.45. The van der Waals surface area contributed by atoms with Crippen LogP contribution in [0.4, 0.5) is 0 Å². The Hall–Kier alpha value is -1.09. The van der Waals surface area contributed by atoms with Crippen molar-refractivity contribution in [2.45, 2.75) is 154 Å². The Kier molecular flexibility index (Phi) is 25.3. The molecule has 0 bridgehead atoms. The number of hydrogen-bond acceptors (Lipinski definition) is 2. The molecule has 0 aromatic carbocycles. The van der Waals surface area contributed by atoms with Crippen LogP contribution in [0.1, 0.15) is 148 Å². The molecule has 0 aliphatic heterocycles. The average molecular weight is 451 g/mol. The van der Waals surface area contributed by atoms with E-state index in [2.05, 4.69) is 31.2 Å². The molecule has 0 radical (unpaired) electrons. The molecule has 0 aliphatic rings. The first-order valence-electron chi connectivity index (χ1n) is 13.9. The molecule has 0 amide bonds. The van der Waals surface area contributed by atoms with Gasteiger partial charge >= 0.3 is 5.97 Å². The Morgan fingerprint density at radius 3 is 1.75 bits per heavy atom. The van der Waals surface area contributed by atoms with Crippen LogP contribution < -0.4 is 0 Å². The summed E-state index contributed by atoms with van der Waals surface area (Å²) in [7, 11) is 0. The minimum absolute atomic E-state index is 0.186. The van der Waals surface area contributed by atoms with Gasteiger partial charge in [-0.2, -0.15) is 0 Å². The van der Waals surface area contributed by atoms with Crippen molar-refractivity contribution in [3.05, 3.63) is 24.3 Å². The number of hydrogen-bond donors (Lipinski definition) is 2. The number of carbonyl (C=O) groups is 1. The molecule has 0 saturated carbocycles. The van der Waals surface area contributed by atoms with Gasteiger partial charge < -0.3 is 10.2 Å². The number of aliphatic hydroxyl groups excluding tert-OH is 1. The van der Waals surface area contributed by atoms with E-state index in [1.54, 1.807) is 0 Å². The van der Waals surface area contributed by atoms with Gasteiger partial charge in [-0.1, -0.05) is 128 Å². The van der Waals surface area contributed by atoms with Gasteiger partial charge in [-0.15, -0.1) is 0 Å². The van der Waals surface area contributed by atoms with E-state index in [0.717, 1.165) is 38.5 Å². The smallest absolute Gasteiger partial charge is 0.303 e. The summed E-state index contributed by atoms with van der Waals surface area (Å²) in [5, 5.41) is 18.7. The van der Waals surface area contributed by atoms with E-state index < -0.39 is 5.97 Å². The number of rotatable bonds is 25. The van der Waals surface area contributed by atoms with Gasteiger partial charge in [0.15, 0.2) is 0 Å². The second kappa shape index (κ2) is 26.2. The predicted molar refractivity (Wildman–Crippen MR) is 139 cm³/mol.